The summed E-state index contributed by atoms with van der Waals surface area (Å²) in [5.41, 5.74) is 5.23. The molecule has 50 heavy (non-hydrogen) atoms. The minimum Gasteiger partial charge on any atom is -0.505 e. The number of halogens is 2. The fraction of sp³-hybridized carbons (Fsp3) is 0.294. The number of anilines is 1. The van der Waals surface area contributed by atoms with Gasteiger partial charge in [-0.15, -0.1) is 16.9 Å². The van der Waals surface area contributed by atoms with Crippen molar-refractivity contribution in [1.82, 2.24) is 29.0 Å². The molecule has 3 aromatic heterocycles. The lowest BCUT2D eigenvalue weighted by molar-refractivity contribution is -0.116. The van der Waals surface area contributed by atoms with E-state index in [0.717, 1.165) is 4.90 Å². The van der Waals surface area contributed by atoms with E-state index in [2.05, 4.69) is 21.1 Å². The summed E-state index contributed by atoms with van der Waals surface area (Å²) in [5.74, 6) is -0.609. The summed E-state index contributed by atoms with van der Waals surface area (Å²) in [6, 6.07) is 15.1. The number of likely N-dealkylation sites (tertiary alicyclic amines) is 1. The number of pyridine rings is 1. The van der Waals surface area contributed by atoms with Gasteiger partial charge >= 0.3 is 0 Å². The number of nitrogens with zero attached hydrogens (tertiary/aromatic N) is 6. The topological polar surface area (TPSA) is 170 Å². The lowest BCUT2D eigenvalue weighted by atomic mass is 9.85. The second-order valence-electron chi connectivity index (χ2n) is 11.5. The molecule has 0 radical (unpaired) electrons. The Morgan fingerprint density at radius 3 is 2.54 bits per heavy atom. The molecule has 1 fully saturated rings. The van der Waals surface area contributed by atoms with E-state index in [-0.39, 0.29) is 48.5 Å². The Labute approximate surface area is 295 Å². The fourth-order valence-electron chi connectivity index (χ4n) is 6.27. The Morgan fingerprint density at radius 2 is 1.88 bits per heavy atom. The third kappa shape index (κ3) is 6.44. The molecular formula is C34H34ClFN8O5S. The number of ether oxygens (including phenoxy) is 1. The number of piperidine rings is 1. The van der Waals surface area contributed by atoms with Crippen LogP contribution in [0.25, 0.3) is 17.2 Å². The van der Waals surface area contributed by atoms with Gasteiger partial charge in [0.15, 0.2) is 11.5 Å². The number of carbonyl (C=O) groups excluding carboxylic acids is 2. The standard InChI is InChI=1S/C33H29ClFN7O5S.CH5N/c1-48-21-7-5-20(6-8-21)29-38-32-41(17-26(44)37-23-9-4-19(16-35)15-22(23)34)24-18-47-33(27(24)30(45)42(32)39-29)10-13-40(14-11-33)31(46)28-25(43)3-2-12-36-28;1-2/h2-9,12,15,43H,10-11,13-14,16-18H2,1H3,(H,37,44);2H2,1H3. The summed E-state index contributed by atoms with van der Waals surface area (Å²) in [7, 11) is 1.50. The normalized spacial score (nSPS) is 14.7. The molecule has 16 heteroatoms. The Bertz CT molecular complexity index is 2130. The van der Waals surface area contributed by atoms with Crippen molar-refractivity contribution in [3.8, 4) is 17.1 Å². The number of nitrogens with one attached hydrogen (secondary N) is 1. The number of hydrogen-bond acceptors (Lipinski definition) is 10. The highest BCUT2D eigenvalue weighted by atomic mass is 35.5. The molecule has 0 saturated carbocycles. The first-order chi connectivity index (χ1) is 24.2. The van der Waals surface area contributed by atoms with E-state index < -0.39 is 29.6 Å². The number of thioether (sulfide) groups is 1. The lowest BCUT2D eigenvalue weighted by Crippen LogP contribution is -2.47. The van der Waals surface area contributed by atoms with Gasteiger partial charge in [0.25, 0.3) is 11.5 Å². The van der Waals surface area contributed by atoms with Gasteiger partial charge in [0.05, 0.1) is 28.6 Å². The first-order valence-electron chi connectivity index (χ1n) is 15.7. The molecule has 2 amide bonds. The molecule has 2 aliphatic rings. The fourth-order valence-corrected chi connectivity index (χ4v) is 6.93. The highest BCUT2D eigenvalue weighted by molar-refractivity contribution is 7.98. The van der Waals surface area contributed by atoms with Crippen LogP contribution in [0.5, 0.6) is 5.75 Å². The third-order valence-electron chi connectivity index (χ3n) is 8.75. The maximum absolute atomic E-state index is 14.2. The molecule has 13 nitrogen and oxygen atoms in total. The Balaban J connectivity index is 0.00000212. The molecule has 2 aliphatic heterocycles. The summed E-state index contributed by atoms with van der Waals surface area (Å²) in [6.07, 6.45) is 4.00. The molecule has 1 saturated heterocycles. The Hall–Kier alpha value is -4.83. The van der Waals surface area contributed by atoms with E-state index >= 15 is 0 Å². The van der Waals surface area contributed by atoms with Crippen molar-refractivity contribution in [2.24, 2.45) is 5.73 Å². The molecule has 5 aromatic rings. The van der Waals surface area contributed by atoms with Gasteiger partial charge in [0.2, 0.25) is 11.7 Å². The van der Waals surface area contributed by atoms with Crippen molar-refractivity contribution in [3.63, 3.8) is 0 Å². The smallest absolute Gasteiger partial charge is 0.282 e. The number of alkyl halides is 1. The monoisotopic (exact) mass is 720 g/mol. The maximum Gasteiger partial charge on any atom is 0.282 e. The number of aromatic nitrogens is 5. The summed E-state index contributed by atoms with van der Waals surface area (Å²) < 4.78 is 22.3. The summed E-state index contributed by atoms with van der Waals surface area (Å²) >= 11 is 7.91. The van der Waals surface area contributed by atoms with Gasteiger partial charge < -0.3 is 30.4 Å². The van der Waals surface area contributed by atoms with Gasteiger partial charge in [0.1, 0.15) is 24.6 Å². The number of benzene rings is 2. The first-order valence-corrected chi connectivity index (χ1v) is 17.3. The molecule has 2 aromatic carbocycles. The number of rotatable bonds is 7. The van der Waals surface area contributed by atoms with Crippen LogP contribution in [0, 0.1) is 0 Å². The molecule has 0 aliphatic carbocycles. The molecule has 5 heterocycles. The zero-order valence-corrected chi connectivity index (χ0v) is 28.8. The van der Waals surface area contributed by atoms with Gasteiger partial charge in [-0.25, -0.2) is 9.37 Å². The summed E-state index contributed by atoms with van der Waals surface area (Å²) in [5, 5.41) is 17.7. The summed E-state index contributed by atoms with van der Waals surface area (Å²) in [6.45, 7) is -0.433. The Kier molecular flexibility index (Phi) is 10.2. The molecule has 0 bridgehead atoms. The minimum absolute atomic E-state index is 0.0277. The highest BCUT2D eigenvalue weighted by Crippen LogP contribution is 2.43. The molecule has 1 spiro atoms. The van der Waals surface area contributed by atoms with Gasteiger partial charge in [-0.2, -0.15) is 9.50 Å². The number of amides is 2. The zero-order valence-electron chi connectivity index (χ0n) is 27.2. The maximum atomic E-state index is 14.2. The van der Waals surface area contributed by atoms with Gasteiger partial charge in [-0.1, -0.05) is 29.8 Å². The number of aromatic hydroxyl groups is 1. The SMILES string of the molecule is CN.CSc1ccc(-c2nc3n(CC(=O)Nc4ccc(CF)cc4Cl)c4c(c(=O)n3n2)C2(CCN(C(=O)c3ncccc3O)CC2)OC4)cc1. The van der Waals surface area contributed by atoms with Crippen LogP contribution in [0.4, 0.5) is 10.1 Å². The quantitative estimate of drug-likeness (QED) is 0.205. The largest absolute Gasteiger partial charge is 0.505 e. The predicted molar refractivity (Wildman–Crippen MR) is 187 cm³/mol. The van der Waals surface area contributed by atoms with Crippen LogP contribution in [-0.2, 0) is 35.0 Å². The van der Waals surface area contributed by atoms with Crippen LogP contribution in [-0.4, -0.2) is 72.4 Å². The van der Waals surface area contributed by atoms with Crippen molar-refractivity contribution in [2.75, 3.05) is 31.7 Å². The highest BCUT2D eigenvalue weighted by Gasteiger charge is 2.48. The van der Waals surface area contributed by atoms with E-state index in [9.17, 15) is 23.9 Å². The van der Waals surface area contributed by atoms with Gasteiger partial charge in [-0.05, 0) is 68.1 Å². The summed E-state index contributed by atoms with van der Waals surface area (Å²) in [4.78, 5) is 52.3. The van der Waals surface area contributed by atoms with Crippen LogP contribution >= 0.6 is 23.4 Å². The molecule has 260 valence electrons. The van der Waals surface area contributed by atoms with Gasteiger partial charge in [0, 0.05) is 29.7 Å². The van der Waals surface area contributed by atoms with Crippen molar-refractivity contribution in [3.05, 3.63) is 98.7 Å². The number of nitrogens with two attached hydrogens (primary N) is 1. The number of carbonyl (C=O) groups is 2. The van der Waals surface area contributed by atoms with Crippen LogP contribution in [0.1, 0.15) is 40.2 Å². The first kappa shape index (κ1) is 35.0. The van der Waals surface area contributed by atoms with E-state index in [1.54, 1.807) is 27.3 Å². The third-order valence-corrected chi connectivity index (χ3v) is 9.81. The van der Waals surface area contributed by atoms with Crippen LogP contribution < -0.4 is 16.6 Å². The van der Waals surface area contributed by atoms with Gasteiger partial charge in [-0.3, -0.25) is 14.4 Å². The average molecular weight is 721 g/mol. The van der Waals surface area contributed by atoms with Crippen molar-refractivity contribution in [2.45, 2.75) is 43.2 Å². The number of hydrogen-bond donors (Lipinski definition) is 3. The minimum atomic E-state index is -1.04. The van der Waals surface area contributed by atoms with Crippen molar-refractivity contribution in [1.29, 1.82) is 0 Å². The molecule has 4 N–H and O–H groups in total. The number of fused-ring (bicyclic) bond motifs is 3. The second-order valence-corrected chi connectivity index (χ2v) is 12.8. The van der Waals surface area contributed by atoms with Crippen LogP contribution in [0.2, 0.25) is 5.02 Å². The average Bonchev–Trinajstić information content (AvgIpc) is 3.75. The second kappa shape index (κ2) is 14.6. The molecular weight excluding hydrogens is 687 g/mol. The molecule has 0 atom stereocenters. The predicted octanol–water partition coefficient (Wildman–Crippen LogP) is 4.38. The van der Waals surface area contributed by atoms with E-state index in [0.29, 0.717) is 46.7 Å². The lowest BCUT2D eigenvalue weighted by Gasteiger charge is -2.38. The van der Waals surface area contributed by atoms with E-state index in [1.165, 1.54) is 42.0 Å². The van der Waals surface area contributed by atoms with Crippen molar-refractivity contribution >= 4 is 46.6 Å². The molecule has 0 unspecified atom stereocenters. The van der Waals surface area contributed by atoms with E-state index in [4.69, 9.17) is 21.3 Å². The van der Waals surface area contributed by atoms with Crippen LogP contribution in [0.3, 0.4) is 0 Å². The van der Waals surface area contributed by atoms with Crippen molar-refractivity contribution < 1.29 is 23.8 Å². The Morgan fingerprint density at radius 1 is 1.14 bits per heavy atom. The zero-order chi connectivity index (χ0) is 35.6. The molecule has 7 rings (SSSR count). The van der Waals surface area contributed by atoms with Crippen LogP contribution in [0.15, 0.2) is 70.5 Å². The van der Waals surface area contributed by atoms with E-state index in [1.807, 2.05) is 30.5 Å².